The molecule has 50 heavy (non-hydrogen) atoms. The molecule has 14 atom stereocenters. The number of esters is 1. The van der Waals surface area contributed by atoms with Gasteiger partial charge in [-0.1, -0.05) is 34.6 Å². The first-order chi connectivity index (χ1) is 23.5. The van der Waals surface area contributed by atoms with E-state index in [0.29, 0.717) is 30.3 Å². The maximum absolute atomic E-state index is 12.6. The largest absolute Gasteiger partial charge is 0.457 e. The summed E-state index contributed by atoms with van der Waals surface area (Å²) in [6.45, 7) is 19.8. The number of fused-ring (bicyclic) bond motifs is 4. The summed E-state index contributed by atoms with van der Waals surface area (Å²) in [7, 11) is 0. The highest BCUT2D eigenvalue weighted by Crippen LogP contribution is 2.89. The first-order valence-corrected chi connectivity index (χ1v) is 19.6. The van der Waals surface area contributed by atoms with Gasteiger partial charge >= 0.3 is 5.97 Å². The first-order valence-electron chi connectivity index (χ1n) is 19.6. The zero-order valence-corrected chi connectivity index (χ0v) is 31.7. The van der Waals surface area contributed by atoms with Gasteiger partial charge in [-0.25, -0.2) is 4.98 Å². The normalized spacial score (nSPS) is 48.7. The standard InChI is InChI=1S/C40H62N2O8/c1-23-17-26(34(36(5,6)45)48-24(2)43)49-32-31(23)37(7)13-14-40-21-39(40)12-11-29(35(3,4)27(39)9-10-28(40)38(37,8)33(32)44)50-30-19-42(15-16-47-30)18-25-20-46-22-41-25/h20,22-23,26-34,44-45H,9-19,21H2,1-8H3/t23-,26?,27?,28?,29+,30+,31+,32?,33+,34+,37-,38-,39-,40?/m1/s1. The van der Waals surface area contributed by atoms with Crippen molar-refractivity contribution in [1.29, 1.82) is 0 Å². The summed E-state index contributed by atoms with van der Waals surface area (Å²) in [5.41, 5.74) is -0.123. The molecule has 1 aromatic rings. The third kappa shape index (κ3) is 4.93. The van der Waals surface area contributed by atoms with E-state index in [9.17, 15) is 15.0 Å². The van der Waals surface area contributed by atoms with E-state index >= 15 is 0 Å². The van der Waals surface area contributed by atoms with Crippen LogP contribution < -0.4 is 0 Å². The quantitative estimate of drug-likeness (QED) is 0.341. The van der Waals surface area contributed by atoms with Crippen LogP contribution in [0.15, 0.2) is 17.1 Å². The zero-order chi connectivity index (χ0) is 35.6. The molecule has 5 aliphatic carbocycles. The molecule has 2 N–H and O–H groups in total. The fourth-order valence-corrected chi connectivity index (χ4v) is 14.2. The van der Waals surface area contributed by atoms with E-state index < -0.39 is 29.9 Å². The molecule has 2 spiro atoms. The molecule has 0 radical (unpaired) electrons. The summed E-state index contributed by atoms with van der Waals surface area (Å²) < 4.78 is 30.9. The van der Waals surface area contributed by atoms with Gasteiger partial charge < -0.3 is 33.6 Å². The van der Waals surface area contributed by atoms with E-state index in [2.05, 4.69) is 44.5 Å². The van der Waals surface area contributed by atoms with Gasteiger partial charge in [0, 0.05) is 25.4 Å². The third-order valence-electron chi connectivity index (χ3n) is 16.4. The van der Waals surface area contributed by atoms with Gasteiger partial charge in [0.25, 0.3) is 0 Å². The van der Waals surface area contributed by atoms with E-state index in [1.807, 2.05) is 0 Å². The third-order valence-corrected chi connectivity index (χ3v) is 16.4. The van der Waals surface area contributed by atoms with Crippen molar-refractivity contribution >= 4 is 5.97 Å². The Morgan fingerprint density at radius 2 is 1.86 bits per heavy atom. The summed E-state index contributed by atoms with van der Waals surface area (Å²) in [5, 5.41) is 23.6. The molecule has 8 rings (SSSR count). The summed E-state index contributed by atoms with van der Waals surface area (Å²) in [6, 6.07) is 0. The van der Waals surface area contributed by atoms with Crippen LogP contribution in [0.4, 0.5) is 0 Å². The number of aromatic nitrogens is 1. The van der Waals surface area contributed by atoms with Crippen molar-refractivity contribution in [2.75, 3.05) is 19.7 Å². The van der Waals surface area contributed by atoms with Crippen molar-refractivity contribution in [2.45, 2.75) is 156 Å². The second-order valence-electron chi connectivity index (χ2n) is 19.4. The van der Waals surface area contributed by atoms with Crippen molar-refractivity contribution in [3.8, 4) is 0 Å². The van der Waals surface area contributed by atoms with E-state index in [0.717, 1.165) is 51.0 Å². The number of hydrogen-bond donors (Lipinski definition) is 2. The van der Waals surface area contributed by atoms with Gasteiger partial charge in [-0.2, -0.15) is 0 Å². The van der Waals surface area contributed by atoms with Crippen LogP contribution in [0.25, 0.3) is 0 Å². The van der Waals surface area contributed by atoms with Gasteiger partial charge in [-0.15, -0.1) is 0 Å². The minimum absolute atomic E-state index is 0.0159. The van der Waals surface area contributed by atoms with Crippen LogP contribution in [0.2, 0.25) is 0 Å². The molecular weight excluding hydrogens is 636 g/mol. The number of rotatable bonds is 7. The molecule has 2 aliphatic heterocycles. The monoisotopic (exact) mass is 698 g/mol. The molecule has 0 bridgehead atoms. The van der Waals surface area contributed by atoms with Crippen molar-refractivity contribution in [2.24, 2.45) is 50.7 Å². The minimum atomic E-state index is -1.26. The van der Waals surface area contributed by atoms with E-state index in [1.165, 1.54) is 32.6 Å². The molecule has 5 unspecified atom stereocenters. The molecule has 7 fully saturated rings. The highest BCUT2D eigenvalue weighted by atomic mass is 16.7. The first kappa shape index (κ1) is 35.5. The van der Waals surface area contributed by atoms with Gasteiger partial charge in [0.15, 0.2) is 18.8 Å². The number of aliphatic hydroxyl groups excluding tert-OH is 1. The molecule has 2 saturated heterocycles. The van der Waals surface area contributed by atoms with Crippen LogP contribution in [0.3, 0.4) is 0 Å². The number of ether oxygens (including phenoxy) is 4. The summed E-state index contributed by atoms with van der Waals surface area (Å²) in [4.78, 5) is 18.8. The summed E-state index contributed by atoms with van der Waals surface area (Å²) in [6.07, 6.45) is 9.65. The fourth-order valence-electron chi connectivity index (χ4n) is 14.2. The Labute approximate surface area is 298 Å². The van der Waals surface area contributed by atoms with Crippen molar-refractivity contribution in [1.82, 2.24) is 9.88 Å². The van der Waals surface area contributed by atoms with Gasteiger partial charge in [-0.05, 0) is 111 Å². The lowest BCUT2D eigenvalue weighted by Crippen LogP contribution is -2.60. The highest BCUT2D eigenvalue weighted by molar-refractivity contribution is 5.66. The Kier molecular flexibility index (Phi) is 8.31. The minimum Gasteiger partial charge on any atom is -0.457 e. The molecular formula is C40H62N2O8. The molecule has 10 heteroatoms. The Morgan fingerprint density at radius 3 is 2.56 bits per heavy atom. The van der Waals surface area contributed by atoms with Crippen LogP contribution >= 0.6 is 0 Å². The average Bonchev–Trinajstić information content (AvgIpc) is 3.33. The molecule has 280 valence electrons. The van der Waals surface area contributed by atoms with Crippen LogP contribution in [0, 0.1) is 50.7 Å². The Morgan fingerprint density at radius 1 is 1.12 bits per heavy atom. The number of carbonyl (C=O) groups is 1. The number of aliphatic hydroxyl groups is 2. The van der Waals surface area contributed by atoms with Crippen molar-refractivity contribution in [3.63, 3.8) is 0 Å². The lowest BCUT2D eigenvalue weighted by molar-refractivity contribution is -0.249. The maximum Gasteiger partial charge on any atom is 0.303 e. The second-order valence-corrected chi connectivity index (χ2v) is 19.4. The molecule has 1 aromatic heterocycles. The van der Waals surface area contributed by atoms with E-state index in [-0.39, 0.29) is 52.0 Å². The Balaban J connectivity index is 1.01. The number of hydrogen-bond acceptors (Lipinski definition) is 10. The second kappa shape index (κ2) is 11.7. The average molecular weight is 699 g/mol. The van der Waals surface area contributed by atoms with Crippen LogP contribution in [-0.4, -0.2) is 88.2 Å². The van der Waals surface area contributed by atoms with Gasteiger partial charge in [0.05, 0.1) is 48.9 Å². The topological polar surface area (TPSA) is 124 Å². The predicted octanol–water partition coefficient (Wildman–Crippen LogP) is 5.73. The maximum atomic E-state index is 12.6. The zero-order valence-electron chi connectivity index (χ0n) is 31.7. The van der Waals surface area contributed by atoms with Crippen LogP contribution in [0.1, 0.15) is 112 Å². The number of nitrogens with zero attached hydrogens (tertiary/aromatic N) is 2. The van der Waals surface area contributed by atoms with Crippen molar-refractivity contribution < 1.29 is 38.4 Å². The SMILES string of the molecule is CC(=O)O[C@@H](C1C[C@@H](C)[C@H]2C(O1)[C@H](O)[C@@]1(C)C3CCC4C(C)(C)[C@@H](O[C@H]5CN(Cc6cocn6)CCO5)CC[C@@]45CC35CC[C@]21C)C(C)(C)O. The lowest BCUT2D eigenvalue weighted by Gasteiger charge is -2.64. The van der Waals surface area contributed by atoms with Crippen LogP contribution in [0.5, 0.6) is 0 Å². The molecule has 0 aromatic carbocycles. The predicted molar refractivity (Wildman–Crippen MR) is 184 cm³/mol. The molecule has 7 aliphatic rings. The number of oxazole rings is 1. The highest BCUT2D eigenvalue weighted by Gasteiger charge is 2.84. The smallest absolute Gasteiger partial charge is 0.303 e. The van der Waals surface area contributed by atoms with Gasteiger partial charge in [-0.3, -0.25) is 9.69 Å². The fraction of sp³-hybridized carbons (Fsp3) is 0.900. The summed E-state index contributed by atoms with van der Waals surface area (Å²) >= 11 is 0. The molecule has 0 amide bonds. The Bertz CT molecular complexity index is 1440. The van der Waals surface area contributed by atoms with Crippen LogP contribution in [-0.2, 0) is 30.3 Å². The van der Waals surface area contributed by atoms with Gasteiger partial charge in [0.2, 0.25) is 0 Å². The Hall–Kier alpha value is -1.56. The molecule has 5 saturated carbocycles. The van der Waals surface area contributed by atoms with Crippen molar-refractivity contribution in [3.05, 3.63) is 18.4 Å². The summed E-state index contributed by atoms with van der Waals surface area (Å²) in [5.74, 6) is 1.05. The lowest BCUT2D eigenvalue weighted by atomic mass is 9.41. The van der Waals surface area contributed by atoms with E-state index in [1.54, 1.807) is 20.1 Å². The molecule has 3 heterocycles. The van der Waals surface area contributed by atoms with E-state index in [4.69, 9.17) is 23.4 Å². The number of morpholine rings is 1. The van der Waals surface area contributed by atoms with Gasteiger partial charge in [0.1, 0.15) is 6.26 Å². The molecule has 10 nitrogen and oxygen atoms in total. The number of carbonyl (C=O) groups excluding carboxylic acids is 1.